The summed E-state index contributed by atoms with van der Waals surface area (Å²) >= 11 is 9.94. The van der Waals surface area contributed by atoms with E-state index in [9.17, 15) is 9.18 Å². The van der Waals surface area contributed by atoms with Gasteiger partial charge in [-0.25, -0.2) is 4.39 Å². The van der Waals surface area contributed by atoms with Crippen molar-refractivity contribution < 1.29 is 9.18 Å². The van der Waals surface area contributed by atoms with Crippen LogP contribution in [0.15, 0.2) is 57.9 Å². The third-order valence-electron chi connectivity index (χ3n) is 3.03. The van der Waals surface area contributed by atoms with E-state index in [1.807, 2.05) is 24.3 Å². The molecule has 1 aliphatic rings. The Morgan fingerprint density at radius 2 is 1.91 bits per heavy atom. The van der Waals surface area contributed by atoms with Gasteiger partial charge < -0.3 is 0 Å². The number of amides is 1. The van der Waals surface area contributed by atoms with Crippen molar-refractivity contribution in [3.63, 3.8) is 0 Å². The minimum Gasteiger partial charge on any atom is -0.268 e. The van der Waals surface area contributed by atoms with Crippen molar-refractivity contribution in [2.45, 2.75) is 0 Å². The predicted molar refractivity (Wildman–Crippen MR) is 96.2 cm³/mol. The van der Waals surface area contributed by atoms with Crippen molar-refractivity contribution in [3.8, 4) is 0 Å². The number of hydrogen-bond acceptors (Lipinski definition) is 3. The maximum Gasteiger partial charge on any atom is 0.270 e. The highest BCUT2D eigenvalue weighted by atomic mass is 79.9. The predicted octanol–water partition coefficient (Wildman–Crippen LogP) is 4.99. The lowest BCUT2D eigenvalue weighted by Crippen LogP contribution is -2.27. The summed E-state index contributed by atoms with van der Waals surface area (Å²) in [6.07, 6.45) is 1.72. The number of hydrogen-bond donors (Lipinski definition) is 0. The van der Waals surface area contributed by atoms with E-state index in [0.717, 1.165) is 15.7 Å². The van der Waals surface area contributed by atoms with E-state index in [4.69, 9.17) is 12.2 Å². The van der Waals surface area contributed by atoms with Crippen molar-refractivity contribution >= 4 is 61.9 Å². The zero-order valence-corrected chi connectivity index (χ0v) is 14.3. The lowest BCUT2D eigenvalue weighted by Gasteiger charge is -2.14. The van der Waals surface area contributed by atoms with Crippen LogP contribution >= 0.6 is 39.9 Å². The molecule has 2 nitrogen and oxygen atoms in total. The van der Waals surface area contributed by atoms with Crippen LogP contribution in [0.1, 0.15) is 5.56 Å². The first kappa shape index (κ1) is 15.4. The first-order chi connectivity index (χ1) is 10.5. The van der Waals surface area contributed by atoms with Gasteiger partial charge in [-0.1, -0.05) is 58.1 Å². The maximum atomic E-state index is 12.9. The molecule has 0 N–H and O–H groups in total. The summed E-state index contributed by atoms with van der Waals surface area (Å²) in [5, 5.41) is 0. The van der Waals surface area contributed by atoms with E-state index in [1.54, 1.807) is 18.2 Å². The highest BCUT2D eigenvalue weighted by molar-refractivity contribution is 9.10. The van der Waals surface area contributed by atoms with Crippen LogP contribution < -0.4 is 4.90 Å². The smallest absolute Gasteiger partial charge is 0.268 e. The van der Waals surface area contributed by atoms with Gasteiger partial charge in [0.1, 0.15) is 5.82 Å². The Kier molecular flexibility index (Phi) is 4.42. The first-order valence-electron chi connectivity index (χ1n) is 6.34. The largest absolute Gasteiger partial charge is 0.270 e. The van der Waals surface area contributed by atoms with Crippen LogP contribution in [0.3, 0.4) is 0 Å². The van der Waals surface area contributed by atoms with Crippen molar-refractivity contribution in [2.75, 3.05) is 4.90 Å². The van der Waals surface area contributed by atoms with Crippen LogP contribution in [0.5, 0.6) is 0 Å². The Morgan fingerprint density at radius 1 is 1.18 bits per heavy atom. The van der Waals surface area contributed by atoms with Gasteiger partial charge in [0, 0.05) is 4.47 Å². The van der Waals surface area contributed by atoms with Gasteiger partial charge in [-0.05, 0) is 42.0 Å². The highest BCUT2D eigenvalue weighted by Crippen LogP contribution is 2.36. The summed E-state index contributed by atoms with van der Waals surface area (Å²) in [5.41, 5.74) is 1.48. The minimum atomic E-state index is -0.307. The Morgan fingerprint density at radius 3 is 2.59 bits per heavy atom. The third kappa shape index (κ3) is 3.14. The molecule has 110 valence electrons. The number of thiocarbonyl (C=S) groups is 1. The van der Waals surface area contributed by atoms with Gasteiger partial charge in [0.25, 0.3) is 5.91 Å². The molecule has 2 aromatic rings. The minimum absolute atomic E-state index is 0.169. The van der Waals surface area contributed by atoms with Crippen molar-refractivity contribution in [1.82, 2.24) is 0 Å². The summed E-state index contributed by atoms with van der Waals surface area (Å²) in [6.45, 7) is 0. The summed E-state index contributed by atoms with van der Waals surface area (Å²) < 4.78 is 14.3. The van der Waals surface area contributed by atoms with Crippen LogP contribution in [0.25, 0.3) is 6.08 Å². The number of carbonyl (C=O) groups excluding carboxylic acids is 1. The van der Waals surface area contributed by atoms with Gasteiger partial charge in [-0.2, -0.15) is 0 Å². The molecule has 0 aliphatic carbocycles. The molecule has 6 heteroatoms. The van der Waals surface area contributed by atoms with Crippen LogP contribution in [0, 0.1) is 5.82 Å². The first-order valence-corrected chi connectivity index (χ1v) is 8.35. The number of thioether (sulfide) groups is 1. The number of anilines is 1. The average Bonchev–Trinajstić information content (AvgIpc) is 2.76. The van der Waals surface area contributed by atoms with Crippen LogP contribution in [-0.2, 0) is 4.79 Å². The molecule has 3 rings (SSSR count). The number of benzene rings is 2. The van der Waals surface area contributed by atoms with Gasteiger partial charge in [-0.15, -0.1) is 0 Å². The van der Waals surface area contributed by atoms with E-state index in [0.29, 0.717) is 9.23 Å². The van der Waals surface area contributed by atoms with Crippen molar-refractivity contribution in [1.29, 1.82) is 0 Å². The van der Waals surface area contributed by atoms with E-state index < -0.39 is 0 Å². The van der Waals surface area contributed by atoms with E-state index in [1.165, 1.54) is 28.8 Å². The Labute approximate surface area is 145 Å². The molecule has 0 spiro atoms. The van der Waals surface area contributed by atoms with Gasteiger partial charge in [0.05, 0.1) is 10.6 Å². The molecule has 0 aromatic heterocycles. The molecule has 22 heavy (non-hydrogen) atoms. The van der Waals surface area contributed by atoms with Gasteiger partial charge in [-0.3, -0.25) is 9.69 Å². The normalized spacial score (nSPS) is 16.6. The molecular formula is C16H9BrFNOS2. The number of rotatable bonds is 2. The molecule has 1 saturated heterocycles. The quantitative estimate of drug-likeness (QED) is 0.529. The maximum absolute atomic E-state index is 12.9. The fourth-order valence-electron chi connectivity index (χ4n) is 2.02. The van der Waals surface area contributed by atoms with Crippen molar-refractivity contribution in [2.24, 2.45) is 0 Å². The summed E-state index contributed by atoms with van der Waals surface area (Å²) in [4.78, 5) is 14.6. The standard InChI is InChI=1S/C16H9BrFNOS2/c17-11-2-1-3-13(9-11)19-15(20)14(22-16(19)21)8-10-4-6-12(18)7-5-10/h1-9H/b14-8-. The zero-order valence-electron chi connectivity index (χ0n) is 11.1. The summed E-state index contributed by atoms with van der Waals surface area (Å²) in [5.74, 6) is -0.476. The molecule has 0 saturated carbocycles. The molecule has 0 unspecified atom stereocenters. The van der Waals surface area contributed by atoms with E-state index in [2.05, 4.69) is 15.9 Å². The Balaban J connectivity index is 1.93. The van der Waals surface area contributed by atoms with Crippen LogP contribution in [-0.4, -0.2) is 10.2 Å². The average molecular weight is 394 g/mol. The second-order valence-electron chi connectivity index (χ2n) is 4.55. The summed E-state index contributed by atoms with van der Waals surface area (Å²) in [7, 11) is 0. The SMILES string of the molecule is O=C1/C(=C/c2ccc(F)cc2)SC(=S)N1c1cccc(Br)c1. The van der Waals surface area contributed by atoms with Crippen molar-refractivity contribution in [3.05, 3.63) is 69.3 Å². The van der Waals surface area contributed by atoms with E-state index in [-0.39, 0.29) is 11.7 Å². The van der Waals surface area contributed by atoms with Gasteiger partial charge in [0.2, 0.25) is 0 Å². The Bertz CT molecular complexity index is 789. The molecule has 1 heterocycles. The summed E-state index contributed by atoms with van der Waals surface area (Å²) in [6, 6.07) is 13.4. The number of halogens is 2. The van der Waals surface area contributed by atoms with E-state index >= 15 is 0 Å². The lowest BCUT2D eigenvalue weighted by atomic mass is 10.2. The molecule has 1 amide bonds. The van der Waals surface area contributed by atoms with Crippen LogP contribution in [0.2, 0.25) is 0 Å². The number of nitrogens with zero attached hydrogens (tertiary/aromatic N) is 1. The second kappa shape index (κ2) is 6.32. The molecular weight excluding hydrogens is 385 g/mol. The molecule has 2 aromatic carbocycles. The lowest BCUT2D eigenvalue weighted by molar-refractivity contribution is -0.113. The third-order valence-corrected chi connectivity index (χ3v) is 4.82. The molecule has 0 atom stereocenters. The van der Waals surface area contributed by atoms with Gasteiger partial charge >= 0.3 is 0 Å². The fourth-order valence-corrected chi connectivity index (χ4v) is 3.70. The molecule has 0 bridgehead atoms. The Hall–Kier alpha value is -1.50. The topological polar surface area (TPSA) is 20.3 Å². The fraction of sp³-hybridized carbons (Fsp3) is 0. The molecule has 1 fully saturated rings. The second-order valence-corrected chi connectivity index (χ2v) is 7.14. The molecule has 0 radical (unpaired) electrons. The molecule has 1 aliphatic heterocycles. The van der Waals surface area contributed by atoms with Gasteiger partial charge in [0.15, 0.2) is 4.32 Å². The number of carbonyl (C=O) groups is 1. The highest BCUT2D eigenvalue weighted by Gasteiger charge is 2.33. The monoisotopic (exact) mass is 393 g/mol. The zero-order chi connectivity index (χ0) is 15.7. The van der Waals surface area contributed by atoms with Crippen LogP contribution in [0.4, 0.5) is 10.1 Å².